The maximum absolute atomic E-state index is 13.9. The van der Waals surface area contributed by atoms with Crippen molar-refractivity contribution in [3.8, 4) is 11.5 Å². The van der Waals surface area contributed by atoms with Crippen LogP contribution in [0, 0.1) is 19.7 Å². The molecule has 0 aliphatic heterocycles. The van der Waals surface area contributed by atoms with E-state index in [0.29, 0.717) is 17.3 Å². The van der Waals surface area contributed by atoms with Gasteiger partial charge in [0.25, 0.3) is 0 Å². The molecule has 0 saturated carbocycles. The highest BCUT2D eigenvalue weighted by atomic mass is 35.5. The smallest absolute Gasteiger partial charge is 0.166 e. The molecular formula is C15H15ClFNO. The van der Waals surface area contributed by atoms with Gasteiger partial charge in [-0.05, 0) is 54.8 Å². The Hall–Kier alpha value is -1.58. The van der Waals surface area contributed by atoms with Gasteiger partial charge in [0.2, 0.25) is 0 Å². The van der Waals surface area contributed by atoms with Crippen molar-refractivity contribution >= 4 is 11.6 Å². The summed E-state index contributed by atoms with van der Waals surface area (Å²) in [6.07, 6.45) is 0. The van der Waals surface area contributed by atoms with Crippen LogP contribution in [0.5, 0.6) is 11.5 Å². The van der Waals surface area contributed by atoms with E-state index in [4.69, 9.17) is 22.1 Å². The lowest BCUT2D eigenvalue weighted by Crippen LogP contribution is -1.98. The molecule has 0 amide bonds. The molecule has 0 saturated heterocycles. The van der Waals surface area contributed by atoms with Crippen molar-refractivity contribution in [2.45, 2.75) is 20.4 Å². The molecule has 19 heavy (non-hydrogen) atoms. The van der Waals surface area contributed by atoms with Gasteiger partial charge in [0.15, 0.2) is 11.6 Å². The van der Waals surface area contributed by atoms with Gasteiger partial charge in [-0.3, -0.25) is 0 Å². The third kappa shape index (κ3) is 3.06. The Morgan fingerprint density at radius 3 is 2.32 bits per heavy atom. The van der Waals surface area contributed by atoms with Crippen molar-refractivity contribution in [3.63, 3.8) is 0 Å². The lowest BCUT2D eigenvalue weighted by Gasteiger charge is -2.13. The van der Waals surface area contributed by atoms with Gasteiger partial charge < -0.3 is 10.5 Å². The van der Waals surface area contributed by atoms with E-state index < -0.39 is 5.82 Å². The first-order valence-corrected chi connectivity index (χ1v) is 6.32. The molecule has 2 aromatic carbocycles. The van der Waals surface area contributed by atoms with Crippen molar-refractivity contribution in [2.75, 3.05) is 0 Å². The van der Waals surface area contributed by atoms with E-state index in [0.717, 1.165) is 16.7 Å². The average molecular weight is 280 g/mol. The average Bonchev–Trinajstić information content (AvgIpc) is 2.35. The minimum absolute atomic E-state index is 0.186. The number of nitrogens with two attached hydrogens (primary N) is 1. The Balaban J connectivity index is 2.36. The normalized spacial score (nSPS) is 10.6. The van der Waals surface area contributed by atoms with Crippen molar-refractivity contribution in [1.82, 2.24) is 0 Å². The second kappa shape index (κ2) is 5.59. The molecule has 2 rings (SSSR count). The minimum Gasteiger partial charge on any atom is -0.454 e. The summed E-state index contributed by atoms with van der Waals surface area (Å²) in [6.45, 7) is 4.05. The summed E-state index contributed by atoms with van der Waals surface area (Å²) in [7, 11) is 0. The third-order valence-corrected chi connectivity index (χ3v) is 3.09. The molecule has 0 atom stereocenters. The van der Waals surface area contributed by atoms with Crippen LogP contribution in [0.25, 0.3) is 0 Å². The molecule has 0 aromatic heterocycles. The topological polar surface area (TPSA) is 35.2 Å². The van der Waals surface area contributed by atoms with Crippen LogP contribution in [0.2, 0.25) is 5.02 Å². The molecule has 0 aliphatic carbocycles. The zero-order chi connectivity index (χ0) is 14.0. The molecule has 0 fully saturated rings. The van der Waals surface area contributed by atoms with Gasteiger partial charge in [-0.25, -0.2) is 4.39 Å². The number of rotatable bonds is 3. The van der Waals surface area contributed by atoms with Gasteiger partial charge >= 0.3 is 0 Å². The van der Waals surface area contributed by atoms with Crippen LogP contribution < -0.4 is 10.5 Å². The van der Waals surface area contributed by atoms with E-state index in [2.05, 4.69) is 0 Å². The summed E-state index contributed by atoms with van der Waals surface area (Å²) in [5, 5.41) is 0.640. The minimum atomic E-state index is -0.420. The van der Waals surface area contributed by atoms with Crippen LogP contribution >= 0.6 is 11.6 Å². The van der Waals surface area contributed by atoms with Crippen LogP contribution in [-0.4, -0.2) is 0 Å². The highest BCUT2D eigenvalue weighted by molar-refractivity contribution is 6.30. The molecule has 0 spiro atoms. The van der Waals surface area contributed by atoms with Gasteiger partial charge in [0, 0.05) is 11.6 Å². The van der Waals surface area contributed by atoms with E-state index in [1.54, 1.807) is 24.3 Å². The summed E-state index contributed by atoms with van der Waals surface area (Å²) < 4.78 is 19.5. The lowest BCUT2D eigenvalue weighted by molar-refractivity contribution is 0.436. The van der Waals surface area contributed by atoms with Gasteiger partial charge in [0.1, 0.15) is 5.75 Å². The lowest BCUT2D eigenvalue weighted by atomic mass is 10.1. The summed E-state index contributed by atoms with van der Waals surface area (Å²) in [4.78, 5) is 0. The predicted molar refractivity (Wildman–Crippen MR) is 75.3 cm³/mol. The van der Waals surface area contributed by atoms with Crippen molar-refractivity contribution in [2.24, 2.45) is 5.73 Å². The second-order valence-electron chi connectivity index (χ2n) is 4.44. The van der Waals surface area contributed by atoms with E-state index in [9.17, 15) is 4.39 Å². The molecular weight excluding hydrogens is 265 g/mol. The zero-order valence-corrected chi connectivity index (χ0v) is 11.6. The van der Waals surface area contributed by atoms with Gasteiger partial charge in [-0.1, -0.05) is 17.7 Å². The third-order valence-electron chi connectivity index (χ3n) is 2.87. The molecule has 0 aliphatic rings. The molecule has 0 heterocycles. The summed E-state index contributed by atoms with van der Waals surface area (Å²) in [5.74, 6) is 0.395. The molecule has 4 heteroatoms. The molecule has 100 valence electrons. The molecule has 0 bridgehead atoms. The van der Waals surface area contributed by atoms with Crippen molar-refractivity contribution in [3.05, 3.63) is 57.9 Å². The van der Waals surface area contributed by atoms with Crippen LogP contribution in [0.4, 0.5) is 4.39 Å². The Bertz CT molecular complexity index is 590. The van der Waals surface area contributed by atoms with Gasteiger partial charge in [-0.2, -0.15) is 0 Å². The van der Waals surface area contributed by atoms with E-state index in [-0.39, 0.29) is 5.75 Å². The van der Waals surface area contributed by atoms with Crippen LogP contribution in [0.3, 0.4) is 0 Å². The zero-order valence-electron chi connectivity index (χ0n) is 10.8. The molecule has 2 nitrogen and oxygen atoms in total. The summed E-state index contributed by atoms with van der Waals surface area (Å²) in [6, 6.07) is 8.30. The van der Waals surface area contributed by atoms with Gasteiger partial charge in [0.05, 0.1) is 0 Å². The molecule has 0 radical (unpaired) electrons. The number of hydrogen-bond donors (Lipinski definition) is 1. The molecule has 2 N–H and O–H groups in total. The highest BCUT2D eigenvalue weighted by Crippen LogP contribution is 2.32. The maximum Gasteiger partial charge on any atom is 0.166 e. The second-order valence-corrected chi connectivity index (χ2v) is 4.88. The number of aryl methyl sites for hydroxylation is 2. The van der Waals surface area contributed by atoms with Crippen LogP contribution in [0.15, 0.2) is 30.3 Å². The highest BCUT2D eigenvalue weighted by Gasteiger charge is 2.10. The van der Waals surface area contributed by atoms with E-state index in [1.165, 1.54) is 6.07 Å². The SMILES string of the molecule is Cc1cc(Cl)cc(C)c1Oc1ccc(CN)cc1F. The van der Waals surface area contributed by atoms with Crippen molar-refractivity contribution in [1.29, 1.82) is 0 Å². The predicted octanol–water partition coefficient (Wildman–Crippen LogP) is 4.35. The number of hydrogen-bond acceptors (Lipinski definition) is 2. The van der Waals surface area contributed by atoms with Crippen LogP contribution in [0.1, 0.15) is 16.7 Å². The number of halogens is 2. The van der Waals surface area contributed by atoms with Gasteiger partial charge in [-0.15, -0.1) is 0 Å². The first-order chi connectivity index (χ1) is 9.01. The van der Waals surface area contributed by atoms with Crippen molar-refractivity contribution < 1.29 is 9.13 Å². The Kier molecular flexibility index (Phi) is 4.08. The Labute approximate surface area is 117 Å². The fraction of sp³-hybridized carbons (Fsp3) is 0.200. The fourth-order valence-electron chi connectivity index (χ4n) is 1.92. The van der Waals surface area contributed by atoms with Crippen LogP contribution in [-0.2, 0) is 6.54 Å². The monoisotopic (exact) mass is 279 g/mol. The number of ether oxygens (including phenoxy) is 1. The summed E-state index contributed by atoms with van der Waals surface area (Å²) >= 11 is 5.95. The summed E-state index contributed by atoms with van der Waals surface area (Å²) in [5.41, 5.74) is 7.93. The standard InChI is InChI=1S/C15H15ClFNO/c1-9-5-12(16)6-10(2)15(9)19-14-4-3-11(8-18)7-13(14)17/h3-7H,8,18H2,1-2H3. The van der Waals surface area contributed by atoms with E-state index >= 15 is 0 Å². The largest absolute Gasteiger partial charge is 0.454 e. The molecule has 2 aromatic rings. The number of benzene rings is 2. The maximum atomic E-state index is 13.9. The fourth-order valence-corrected chi connectivity index (χ4v) is 2.25. The Morgan fingerprint density at radius 1 is 1.16 bits per heavy atom. The Morgan fingerprint density at radius 2 is 1.79 bits per heavy atom. The quantitative estimate of drug-likeness (QED) is 0.907. The first-order valence-electron chi connectivity index (χ1n) is 5.94. The van der Waals surface area contributed by atoms with E-state index in [1.807, 2.05) is 13.8 Å². The first kappa shape index (κ1) is 13.8. The molecule has 0 unspecified atom stereocenters.